The van der Waals surface area contributed by atoms with Gasteiger partial charge in [-0.05, 0) is 22.9 Å². The maximum Gasteiger partial charge on any atom is 0.234 e. The van der Waals surface area contributed by atoms with Crippen molar-refractivity contribution in [3.05, 3.63) is 52.2 Å². The second-order valence-electron chi connectivity index (χ2n) is 6.24. The van der Waals surface area contributed by atoms with Crippen LogP contribution < -0.4 is 14.8 Å². The van der Waals surface area contributed by atoms with Gasteiger partial charge in [0.05, 0.1) is 31.9 Å². The number of thiophene rings is 2. The standard InChI is InChI=1S/C20H14ClN3O3S3/c21-11-7-13-14(27-10-26-13)8-12(11)22-17(25)9-30-20-23-18(15-3-1-5-28-15)19(24-20)16-4-2-6-29-16/h1-8H,9-10H2,(H,22,25)(H,23,24). The number of amides is 1. The number of carbonyl (C=O) groups is 1. The molecule has 6 nitrogen and oxygen atoms in total. The van der Waals surface area contributed by atoms with Gasteiger partial charge in [0.2, 0.25) is 12.7 Å². The first-order chi connectivity index (χ1) is 14.7. The van der Waals surface area contributed by atoms with E-state index < -0.39 is 0 Å². The molecule has 10 heteroatoms. The molecule has 0 bridgehead atoms. The van der Waals surface area contributed by atoms with Gasteiger partial charge in [0.25, 0.3) is 0 Å². The van der Waals surface area contributed by atoms with E-state index in [9.17, 15) is 4.79 Å². The van der Waals surface area contributed by atoms with Gasteiger partial charge in [0.15, 0.2) is 16.7 Å². The number of ether oxygens (including phenoxy) is 2. The minimum Gasteiger partial charge on any atom is -0.454 e. The fraction of sp³-hybridized carbons (Fsp3) is 0.100. The van der Waals surface area contributed by atoms with Crippen molar-refractivity contribution in [2.75, 3.05) is 17.9 Å². The molecular formula is C20H14ClN3O3S3. The average molecular weight is 476 g/mol. The first-order valence-corrected chi connectivity index (χ1v) is 12.0. The van der Waals surface area contributed by atoms with Crippen molar-refractivity contribution >= 4 is 57.6 Å². The van der Waals surface area contributed by atoms with Crippen LogP contribution in [0.15, 0.2) is 52.3 Å². The predicted octanol–water partition coefficient (Wildman–Crippen LogP) is 5.98. The highest BCUT2D eigenvalue weighted by Crippen LogP contribution is 2.40. The predicted molar refractivity (Wildman–Crippen MR) is 122 cm³/mol. The number of benzene rings is 1. The summed E-state index contributed by atoms with van der Waals surface area (Å²) in [6.07, 6.45) is 0. The molecule has 0 atom stereocenters. The smallest absolute Gasteiger partial charge is 0.234 e. The quantitative estimate of drug-likeness (QED) is 0.335. The number of carbonyl (C=O) groups excluding carboxylic acids is 1. The largest absolute Gasteiger partial charge is 0.454 e. The van der Waals surface area contributed by atoms with E-state index in [1.165, 1.54) is 11.8 Å². The number of nitrogens with zero attached hydrogens (tertiary/aromatic N) is 1. The average Bonchev–Trinajstić information content (AvgIpc) is 3.53. The molecule has 0 spiro atoms. The van der Waals surface area contributed by atoms with Crippen molar-refractivity contribution in [1.82, 2.24) is 9.97 Å². The van der Waals surface area contributed by atoms with Gasteiger partial charge in [-0.25, -0.2) is 4.98 Å². The molecule has 3 aromatic heterocycles. The van der Waals surface area contributed by atoms with Crippen molar-refractivity contribution in [3.63, 3.8) is 0 Å². The van der Waals surface area contributed by atoms with Crippen molar-refractivity contribution in [1.29, 1.82) is 0 Å². The number of anilines is 1. The lowest BCUT2D eigenvalue weighted by atomic mass is 10.2. The number of thioether (sulfide) groups is 1. The molecule has 0 aliphatic carbocycles. The lowest BCUT2D eigenvalue weighted by molar-refractivity contribution is -0.113. The van der Waals surface area contributed by atoms with Gasteiger partial charge in [-0.2, -0.15) is 0 Å². The molecule has 0 unspecified atom stereocenters. The summed E-state index contributed by atoms with van der Waals surface area (Å²) in [5, 5.41) is 7.97. The third-order valence-corrected chi connectivity index (χ3v) is 7.23. The Kier molecular flexibility index (Phi) is 5.43. The molecule has 0 fully saturated rings. The molecule has 0 saturated carbocycles. The molecular weight excluding hydrogens is 462 g/mol. The van der Waals surface area contributed by atoms with E-state index >= 15 is 0 Å². The van der Waals surface area contributed by atoms with Gasteiger partial charge >= 0.3 is 0 Å². The third kappa shape index (κ3) is 3.93. The fourth-order valence-corrected chi connectivity index (χ4v) is 5.26. The van der Waals surface area contributed by atoms with Gasteiger partial charge in [-0.3, -0.25) is 4.79 Å². The number of fused-ring (bicyclic) bond motifs is 1. The summed E-state index contributed by atoms with van der Waals surface area (Å²) in [5.74, 6) is 1.14. The minimum atomic E-state index is -0.187. The lowest BCUT2D eigenvalue weighted by Gasteiger charge is -2.07. The highest BCUT2D eigenvalue weighted by molar-refractivity contribution is 7.99. The highest BCUT2D eigenvalue weighted by Gasteiger charge is 2.19. The molecule has 1 aliphatic rings. The third-order valence-electron chi connectivity index (χ3n) is 4.28. The first kappa shape index (κ1) is 19.5. The number of nitrogens with one attached hydrogen (secondary N) is 2. The first-order valence-electron chi connectivity index (χ1n) is 8.87. The van der Waals surface area contributed by atoms with Crippen LogP contribution in [0.3, 0.4) is 0 Å². The summed E-state index contributed by atoms with van der Waals surface area (Å²) in [6, 6.07) is 11.4. The summed E-state index contributed by atoms with van der Waals surface area (Å²) in [6.45, 7) is 0.149. The number of hydrogen-bond donors (Lipinski definition) is 2. The van der Waals surface area contributed by atoms with Crippen LogP contribution in [0.4, 0.5) is 5.69 Å². The molecule has 1 aliphatic heterocycles. The Morgan fingerprint density at radius 3 is 2.63 bits per heavy atom. The maximum absolute atomic E-state index is 12.5. The lowest BCUT2D eigenvalue weighted by Crippen LogP contribution is -2.14. The molecule has 1 aromatic carbocycles. The van der Waals surface area contributed by atoms with Crippen LogP contribution in [0.1, 0.15) is 0 Å². The van der Waals surface area contributed by atoms with Crippen molar-refractivity contribution in [2.24, 2.45) is 0 Å². The van der Waals surface area contributed by atoms with Crippen LogP contribution in [-0.2, 0) is 4.79 Å². The van der Waals surface area contributed by atoms with E-state index in [1.54, 1.807) is 34.8 Å². The second-order valence-corrected chi connectivity index (χ2v) is 9.51. The molecule has 5 rings (SSSR count). The summed E-state index contributed by atoms with van der Waals surface area (Å²) in [4.78, 5) is 22.8. The van der Waals surface area contributed by atoms with E-state index in [-0.39, 0.29) is 18.5 Å². The van der Waals surface area contributed by atoms with E-state index in [0.29, 0.717) is 27.4 Å². The molecule has 0 radical (unpaired) electrons. The van der Waals surface area contributed by atoms with E-state index in [2.05, 4.69) is 16.4 Å². The molecule has 2 N–H and O–H groups in total. The number of aromatic amines is 1. The van der Waals surface area contributed by atoms with Crippen molar-refractivity contribution in [3.8, 4) is 32.6 Å². The van der Waals surface area contributed by atoms with E-state index in [1.807, 2.05) is 29.0 Å². The van der Waals surface area contributed by atoms with Crippen LogP contribution in [0.25, 0.3) is 21.1 Å². The van der Waals surface area contributed by atoms with Gasteiger partial charge in [0.1, 0.15) is 5.69 Å². The molecule has 0 saturated heterocycles. The summed E-state index contributed by atoms with van der Waals surface area (Å²) < 4.78 is 10.6. The van der Waals surface area contributed by atoms with Crippen LogP contribution in [0, 0.1) is 0 Å². The molecule has 4 aromatic rings. The molecule has 4 heterocycles. The normalized spacial score (nSPS) is 12.3. The number of imidazole rings is 1. The summed E-state index contributed by atoms with van der Waals surface area (Å²) in [7, 11) is 0. The van der Waals surface area contributed by atoms with E-state index in [4.69, 9.17) is 26.1 Å². The minimum absolute atomic E-state index is 0.149. The summed E-state index contributed by atoms with van der Waals surface area (Å²) in [5.41, 5.74) is 2.35. The topological polar surface area (TPSA) is 76.2 Å². The zero-order valence-electron chi connectivity index (χ0n) is 15.3. The molecule has 1 amide bonds. The van der Waals surface area contributed by atoms with Gasteiger partial charge in [0, 0.05) is 12.1 Å². The van der Waals surface area contributed by atoms with Crippen LogP contribution in [0.2, 0.25) is 5.02 Å². The Hall–Kier alpha value is -2.46. The fourth-order valence-electron chi connectivity index (χ4n) is 2.94. The Labute approximate surface area is 189 Å². The van der Waals surface area contributed by atoms with Gasteiger partial charge < -0.3 is 19.8 Å². The number of aromatic nitrogens is 2. The van der Waals surface area contributed by atoms with Gasteiger partial charge in [-0.15, -0.1) is 22.7 Å². The number of hydrogen-bond acceptors (Lipinski definition) is 7. The van der Waals surface area contributed by atoms with Crippen LogP contribution in [0.5, 0.6) is 11.5 Å². The van der Waals surface area contributed by atoms with E-state index in [0.717, 1.165) is 21.1 Å². The van der Waals surface area contributed by atoms with Crippen LogP contribution in [-0.4, -0.2) is 28.4 Å². The highest BCUT2D eigenvalue weighted by atomic mass is 35.5. The SMILES string of the molecule is O=C(CSc1nc(-c2cccs2)c(-c2cccs2)[nH]1)Nc1cc2c(cc1Cl)OCO2. The Morgan fingerprint density at radius 1 is 1.17 bits per heavy atom. The monoisotopic (exact) mass is 475 g/mol. The zero-order chi connectivity index (χ0) is 20.5. The Morgan fingerprint density at radius 2 is 1.90 bits per heavy atom. The maximum atomic E-state index is 12.5. The van der Waals surface area contributed by atoms with Crippen molar-refractivity contribution in [2.45, 2.75) is 5.16 Å². The number of rotatable bonds is 6. The van der Waals surface area contributed by atoms with Crippen LogP contribution >= 0.6 is 46.0 Å². The second kappa shape index (κ2) is 8.35. The molecule has 152 valence electrons. The van der Waals surface area contributed by atoms with Crippen molar-refractivity contribution < 1.29 is 14.3 Å². The number of halogens is 1. The Bertz CT molecular complexity index is 1140. The zero-order valence-corrected chi connectivity index (χ0v) is 18.5. The summed E-state index contributed by atoms with van der Waals surface area (Å²) >= 11 is 10.9. The number of H-pyrrole nitrogens is 1. The Balaban J connectivity index is 1.31. The van der Waals surface area contributed by atoms with Gasteiger partial charge in [-0.1, -0.05) is 35.5 Å². The molecule has 30 heavy (non-hydrogen) atoms.